The van der Waals surface area contributed by atoms with Crippen molar-refractivity contribution in [3.05, 3.63) is 63.4 Å². The molecule has 0 aliphatic heterocycles. The summed E-state index contributed by atoms with van der Waals surface area (Å²) in [6.45, 7) is 1.73. The summed E-state index contributed by atoms with van der Waals surface area (Å²) < 4.78 is 39.6. The summed E-state index contributed by atoms with van der Waals surface area (Å²) in [5.41, 5.74) is 0.00305. The molecule has 2 aromatic rings. The number of hydrogen-bond acceptors (Lipinski definition) is 2. The molecule has 2 nitrogen and oxygen atoms in total. The van der Waals surface area contributed by atoms with Gasteiger partial charge in [0.05, 0.1) is 5.56 Å². The molecule has 0 aliphatic rings. The Morgan fingerprint density at radius 2 is 1.90 bits per heavy atom. The first-order valence-electron chi connectivity index (χ1n) is 5.76. The first kappa shape index (κ1) is 15.0. The van der Waals surface area contributed by atoms with E-state index in [2.05, 4.69) is 20.9 Å². The number of aliphatic hydroxyl groups is 1. The average molecular weight is 346 g/mol. The molecule has 2 rings (SSSR count). The van der Waals surface area contributed by atoms with Crippen LogP contribution in [0.25, 0.3) is 0 Å². The van der Waals surface area contributed by atoms with Gasteiger partial charge in [0.2, 0.25) is 0 Å². The molecule has 1 atom stereocenters. The van der Waals surface area contributed by atoms with Gasteiger partial charge in [-0.05, 0) is 36.2 Å². The van der Waals surface area contributed by atoms with E-state index in [-0.39, 0.29) is 5.56 Å². The van der Waals surface area contributed by atoms with Crippen molar-refractivity contribution in [3.63, 3.8) is 0 Å². The molecular formula is C14H11BrF3NO. The molecule has 0 saturated carbocycles. The van der Waals surface area contributed by atoms with Gasteiger partial charge in [-0.2, -0.15) is 13.2 Å². The van der Waals surface area contributed by atoms with Crippen LogP contribution in [-0.4, -0.2) is 10.1 Å². The van der Waals surface area contributed by atoms with Crippen molar-refractivity contribution in [1.82, 2.24) is 4.98 Å². The highest BCUT2D eigenvalue weighted by Gasteiger charge is 2.35. The maximum absolute atomic E-state index is 12.9. The molecule has 0 amide bonds. The molecule has 1 N–H and O–H groups in total. The van der Waals surface area contributed by atoms with Crippen molar-refractivity contribution in [1.29, 1.82) is 0 Å². The summed E-state index contributed by atoms with van der Waals surface area (Å²) in [7, 11) is 0. The zero-order chi connectivity index (χ0) is 14.9. The fraction of sp³-hybridized carbons (Fsp3) is 0.214. The SMILES string of the molecule is Cc1cc(Br)ccc1C(O)c1cnccc1C(F)(F)F. The highest BCUT2D eigenvalue weighted by Crippen LogP contribution is 2.36. The predicted molar refractivity (Wildman–Crippen MR) is 72.2 cm³/mol. The van der Waals surface area contributed by atoms with Crippen LogP contribution in [0.4, 0.5) is 13.2 Å². The van der Waals surface area contributed by atoms with Gasteiger partial charge in [-0.3, -0.25) is 4.98 Å². The van der Waals surface area contributed by atoms with Crippen LogP contribution in [0.2, 0.25) is 0 Å². The summed E-state index contributed by atoms with van der Waals surface area (Å²) in [6, 6.07) is 5.88. The van der Waals surface area contributed by atoms with Crippen LogP contribution in [0.15, 0.2) is 41.1 Å². The Balaban J connectivity index is 2.51. The summed E-state index contributed by atoms with van der Waals surface area (Å²) in [5.74, 6) is 0. The fourth-order valence-corrected chi connectivity index (χ4v) is 2.47. The first-order chi connectivity index (χ1) is 9.30. The van der Waals surface area contributed by atoms with E-state index < -0.39 is 17.8 Å². The Morgan fingerprint density at radius 3 is 2.50 bits per heavy atom. The second kappa shape index (κ2) is 5.54. The Morgan fingerprint density at radius 1 is 1.20 bits per heavy atom. The normalized spacial score (nSPS) is 13.3. The smallest absolute Gasteiger partial charge is 0.384 e. The number of hydrogen-bond donors (Lipinski definition) is 1. The topological polar surface area (TPSA) is 33.1 Å². The summed E-state index contributed by atoms with van der Waals surface area (Å²) in [6.07, 6.45) is -3.78. The van der Waals surface area contributed by atoms with E-state index in [1.54, 1.807) is 25.1 Å². The summed E-state index contributed by atoms with van der Waals surface area (Å²) in [5, 5.41) is 10.3. The van der Waals surface area contributed by atoms with Gasteiger partial charge >= 0.3 is 6.18 Å². The van der Waals surface area contributed by atoms with Crippen molar-refractivity contribution in [2.24, 2.45) is 0 Å². The van der Waals surface area contributed by atoms with Gasteiger partial charge < -0.3 is 5.11 Å². The van der Waals surface area contributed by atoms with Crippen molar-refractivity contribution in [2.45, 2.75) is 19.2 Å². The van der Waals surface area contributed by atoms with Gasteiger partial charge in [-0.1, -0.05) is 22.0 Å². The quantitative estimate of drug-likeness (QED) is 0.882. The lowest BCUT2D eigenvalue weighted by molar-refractivity contribution is -0.139. The van der Waals surface area contributed by atoms with E-state index in [0.717, 1.165) is 22.9 Å². The van der Waals surface area contributed by atoms with E-state index in [4.69, 9.17) is 0 Å². The van der Waals surface area contributed by atoms with Crippen LogP contribution in [0.1, 0.15) is 28.4 Å². The molecule has 1 unspecified atom stereocenters. The molecule has 0 saturated heterocycles. The largest absolute Gasteiger partial charge is 0.416 e. The number of pyridine rings is 1. The Labute approximate surface area is 122 Å². The minimum atomic E-state index is -4.53. The van der Waals surface area contributed by atoms with E-state index >= 15 is 0 Å². The van der Waals surface area contributed by atoms with Gasteiger partial charge in [0.15, 0.2) is 0 Å². The molecule has 0 fully saturated rings. The van der Waals surface area contributed by atoms with E-state index in [9.17, 15) is 18.3 Å². The lowest BCUT2D eigenvalue weighted by Crippen LogP contribution is -2.13. The van der Waals surface area contributed by atoms with Gasteiger partial charge in [0.1, 0.15) is 6.10 Å². The Bertz CT molecular complexity index is 628. The summed E-state index contributed by atoms with van der Waals surface area (Å²) >= 11 is 3.27. The average Bonchev–Trinajstić information content (AvgIpc) is 2.37. The standard InChI is InChI=1S/C14H11BrF3NO/c1-8-6-9(15)2-3-10(8)13(20)11-7-19-5-4-12(11)14(16,17)18/h2-7,13,20H,1H3. The molecule has 0 spiro atoms. The second-order valence-electron chi connectivity index (χ2n) is 4.36. The van der Waals surface area contributed by atoms with E-state index in [0.29, 0.717) is 11.1 Å². The Hall–Kier alpha value is -1.40. The predicted octanol–water partition coefficient (Wildman–Crippen LogP) is 4.25. The number of aromatic nitrogens is 1. The van der Waals surface area contributed by atoms with Crippen molar-refractivity contribution >= 4 is 15.9 Å². The zero-order valence-electron chi connectivity index (χ0n) is 10.4. The number of aliphatic hydroxyl groups excluding tert-OH is 1. The summed E-state index contributed by atoms with van der Waals surface area (Å²) in [4.78, 5) is 3.68. The Kier molecular flexibility index (Phi) is 4.15. The van der Waals surface area contributed by atoms with Gasteiger partial charge in [-0.15, -0.1) is 0 Å². The zero-order valence-corrected chi connectivity index (χ0v) is 12.0. The van der Waals surface area contributed by atoms with Crippen molar-refractivity contribution < 1.29 is 18.3 Å². The van der Waals surface area contributed by atoms with Crippen molar-refractivity contribution in [3.8, 4) is 0 Å². The number of rotatable bonds is 2. The fourth-order valence-electron chi connectivity index (χ4n) is 2.00. The maximum atomic E-state index is 12.9. The lowest BCUT2D eigenvalue weighted by atomic mass is 9.95. The van der Waals surface area contributed by atoms with Crippen LogP contribution in [0, 0.1) is 6.92 Å². The van der Waals surface area contributed by atoms with Crippen LogP contribution < -0.4 is 0 Å². The highest BCUT2D eigenvalue weighted by atomic mass is 79.9. The molecule has 6 heteroatoms. The minimum Gasteiger partial charge on any atom is -0.384 e. The molecule has 1 aromatic carbocycles. The third-order valence-electron chi connectivity index (χ3n) is 2.98. The number of nitrogens with zero attached hydrogens (tertiary/aromatic N) is 1. The molecular weight excluding hydrogens is 335 g/mol. The van der Waals surface area contributed by atoms with Crippen molar-refractivity contribution in [2.75, 3.05) is 0 Å². The molecule has 106 valence electrons. The highest BCUT2D eigenvalue weighted by molar-refractivity contribution is 9.10. The van der Waals surface area contributed by atoms with Crippen LogP contribution in [0.5, 0.6) is 0 Å². The molecule has 0 radical (unpaired) electrons. The van der Waals surface area contributed by atoms with Crippen LogP contribution >= 0.6 is 15.9 Å². The number of halogens is 4. The monoisotopic (exact) mass is 345 g/mol. The molecule has 0 aliphatic carbocycles. The third kappa shape index (κ3) is 3.02. The van der Waals surface area contributed by atoms with E-state index in [1.165, 1.54) is 0 Å². The maximum Gasteiger partial charge on any atom is 0.416 e. The van der Waals surface area contributed by atoms with Gasteiger partial charge in [0, 0.05) is 22.4 Å². The molecule has 1 heterocycles. The number of aryl methyl sites for hydroxylation is 1. The van der Waals surface area contributed by atoms with E-state index in [1.807, 2.05) is 0 Å². The number of benzene rings is 1. The first-order valence-corrected chi connectivity index (χ1v) is 6.55. The third-order valence-corrected chi connectivity index (χ3v) is 3.47. The lowest BCUT2D eigenvalue weighted by Gasteiger charge is -2.18. The second-order valence-corrected chi connectivity index (χ2v) is 5.28. The molecule has 1 aromatic heterocycles. The molecule has 20 heavy (non-hydrogen) atoms. The van der Waals surface area contributed by atoms with Gasteiger partial charge in [0.25, 0.3) is 0 Å². The van der Waals surface area contributed by atoms with Crippen LogP contribution in [-0.2, 0) is 6.18 Å². The number of alkyl halides is 3. The van der Waals surface area contributed by atoms with Crippen LogP contribution in [0.3, 0.4) is 0 Å². The van der Waals surface area contributed by atoms with Gasteiger partial charge in [-0.25, -0.2) is 0 Å². The minimum absolute atomic E-state index is 0.245. The molecule has 0 bridgehead atoms.